The lowest BCUT2D eigenvalue weighted by atomic mass is 10.0. The molecule has 5 nitrogen and oxygen atoms in total. The number of benzene rings is 3. The van der Waals surface area contributed by atoms with Gasteiger partial charge in [-0.15, -0.1) is 0 Å². The number of amides is 2. The monoisotopic (exact) mass is 444 g/mol. The molecule has 1 N–H and O–H groups in total. The molecule has 0 saturated heterocycles. The van der Waals surface area contributed by atoms with E-state index in [2.05, 4.69) is 5.32 Å². The van der Waals surface area contributed by atoms with Crippen molar-refractivity contribution in [1.29, 1.82) is 0 Å². The fraction of sp³-hybridized carbons (Fsp3) is 0.185. The van der Waals surface area contributed by atoms with Crippen LogP contribution in [0.3, 0.4) is 0 Å². The van der Waals surface area contributed by atoms with Gasteiger partial charge in [-0.1, -0.05) is 36.4 Å². The van der Waals surface area contributed by atoms with Gasteiger partial charge in [0.05, 0.1) is 18.7 Å². The van der Waals surface area contributed by atoms with E-state index < -0.39 is 17.6 Å². The molecule has 1 aliphatic heterocycles. The van der Waals surface area contributed by atoms with Crippen molar-refractivity contribution in [2.24, 2.45) is 0 Å². The van der Waals surface area contributed by atoms with Crippen molar-refractivity contribution < 1.29 is 18.7 Å². The first-order valence-electron chi connectivity index (χ1n) is 10.8. The molecule has 6 heteroatoms. The van der Waals surface area contributed by atoms with Crippen LogP contribution in [0.4, 0.5) is 10.1 Å². The number of nitrogens with zero attached hydrogens (tertiary/aromatic N) is 1. The number of carbonyl (C=O) groups excluding carboxylic acids is 2. The maximum Gasteiger partial charge on any atom is 0.278 e. The zero-order valence-electron chi connectivity index (χ0n) is 18.8. The molecule has 2 amide bonds. The molecule has 0 fully saturated rings. The molecule has 168 valence electrons. The lowest BCUT2D eigenvalue weighted by Gasteiger charge is -2.16. The summed E-state index contributed by atoms with van der Waals surface area (Å²) in [6.07, 6.45) is 0. The number of hydrogen-bond donors (Lipinski definition) is 1. The van der Waals surface area contributed by atoms with E-state index in [1.165, 1.54) is 6.07 Å². The van der Waals surface area contributed by atoms with E-state index in [0.29, 0.717) is 23.6 Å². The summed E-state index contributed by atoms with van der Waals surface area (Å²) in [5.41, 5.74) is 4.04. The van der Waals surface area contributed by atoms with E-state index in [4.69, 9.17) is 4.74 Å². The van der Waals surface area contributed by atoms with Crippen LogP contribution in [-0.2, 0) is 16.1 Å². The third-order valence-corrected chi connectivity index (χ3v) is 5.40. The van der Waals surface area contributed by atoms with Crippen molar-refractivity contribution in [3.05, 3.63) is 100 Å². The van der Waals surface area contributed by atoms with Gasteiger partial charge in [-0.25, -0.2) is 4.39 Å². The van der Waals surface area contributed by atoms with Gasteiger partial charge in [0.1, 0.15) is 17.3 Å². The van der Waals surface area contributed by atoms with Crippen LogP contribution in [0.25, 0.3) is 5.57 Å². The molecule has 0 spiro atoms. The average molecular weight is 445 g/mol. The van der Waals surface area contributed by atoms with E-state index in [-0.39, 0.29) is 23.4 Å². The Balaban J connectivity index is 1.75. The Kier molecular flexibility index (Phi) is 6.27. The second kappa shape index (κ2) is 9.28. The molecule has 0 radical (unpaired) electrons. The first-order chi connectivity index (χ1) is 15.9. The molecule has 0 aliphatic carbocycles. The van der Waals surface area contributed by atoms with Crippen LogP contribution in [0.1, 0.15) is 29.2 Å². The first-order valence-corrected chi connectivity index (χ1v) is 10.8. The number of aryl methyl sites for hydroxylation is 2. The van der Waals surface area contributed by atoms with Crippen LogP contribution in [0, 0.1) is 19.7 Å². The number of anilines is 1. The lowest BCUT2D eigenvalue weighted by Crippen LogP contribution is -2.32. The zero-order valence-corrected chi connectivity index (χ0v) is 18.8. The van der Waals surface area contributed by atoms with E-state index in [9.17, 15) is 14.0 Å². The van der Waals surface area contributed by atoms with E-state index in [1.807, 2.05) is 39.0 Å². The smallest absolute Gasteiger partial charge is 0.278 e. The standard InChI is InChI=1S/C27H25FN2O3/c1-4-33-22-11-9-19(10-12-22)24-25(29-21-14-17(2)13-18(3)15-21)27(32)30(26(24)31)16-20-7-5-6-8-23(20)28/h5-15,29H,4,16H2,1-3H3. The van der Waals surface area contributed by atoms with Crippen molar-refractivity contribution >= 4 is 23.1 Å². The first kappa shape index (κ1) is 22.3. The van der Waals surface area contributed by atoms with Crippen LogP contribution in [-0.4, -0.2) is 23.3 Å². The van der Waals surface area contributed by atoms with Gasteiger partial charge in [-0.05, 0) is 67.8 Å². The minimum absolute atomic E-state index is 0.150. The summed E-state index contributed by atoms with van der Waals surface area (Å²) >= 11 is 0. The third kappa shape index (κ3) is 4.65. The predicted octanol–water partition coefficient (Wildman–Crippen LogP) is 5.23. The summed E-state index contributed by atoms with van der Waals surface area (Å²) in [6.45, 7) is 6.19. The van der Waals surface area contributed by atoms with E-state index >= 15 is 0 Å². The van der Waals surface area contributed by atoms with Crippen LogP contribution in [0.15, 0.2) is 72.4 Å². The van der Waals surface area contributed by atoms with Crippen molar-refractivity contribution in [2.75, 3.05) is 11.9 Å². The van der Waals surface area contributed by atoms with Crippen molar-refractivity contribution in [1.82, 2.24) is 4.90 Å². The van der Waals surface area contributed by atoms with Crippen LogP contribution in [0.2, 0.25) is 0 Å². The van der Waals surface area contributed by atoms with Gasteiger partial charge in [-0.2, -0.15) is 0 Å². The average Bonchev–Trinajstić information content (AvgIpc) is 2.99. The summed E-state index contributed by atoms with van der Waals surface area (Å²) in [5.74, 6) is -0.757. The summed E-state index contributed by atoms with van der Waals surface area (Å²) in [6, 6.07) is 19.0. The highest BCUT2D eigenvalue weighted by atomic mass is 19.1. The molecule has 0 aromatic heterocycles. The van der Waals surface area contributed by atoms with Gasteiger partial charge < -0.3 is 10.1 Å². The van der Waals surface area contributed by atoms with Gasteiger partial charge in [0.25, 0.3) is 11.8 Å². The summed E-state index contributed by atoms with van der Waals surface area (Å²) in [4.78, 5) is 27.9. The Bertz CT molecular complexity index is 1230. The number of halogens is 1. The second-order valence-electron chi connectivity index (χ2n) is 8.00. The number of ether oxygens (including phenoxy) is 1. The molecule has 1 heterocycles. The number of imide groups is 1. The molecule has 0 atom stereocenters. The highest BCUT2D eigenvalue weighted by molar-refractivity contribution is 6.36. The number of rotatable bonds is 7. The van der Waals surface area contributed by atoms with Gasteiger partial charge in [0.2, 0.25) is 0 Å². The summed E-state index contributed by atoms with van der Waals surface area (Å²) in [5, 5.41) is 3.16. The largest absolute Gasteiger partial charge is 0.494 e. The predicted molar refractivity (Wildman–Crippen MR) is 126 cm³/mol. The Labute approximate surface area is 192 Å². The van der Waals surface area contributed by atoms with Gasteiger partial charge in [0.15, 0.2) is 0 Å². The molecule has 3 aromatic rings. The van der Waals surface area contributed by atoms with Crippen molar-refractivity contribution in [3.8, 4) is 5.75 Å². The van der Waals surface area contributed by atoms with Gasteiger partial charge >= 0.3 is 0 Å². The highest BCUT2D eigenvalue weighted by Gasteiger charge is 2.39. The fourth-order valence-corrected chi connectivity index (χ4v) is 3.98. The van der Waals surface area contributed by atoms with E-state index in [1.54, 1.807) is 42.5 Å². The van der Waals surface area contributed by atoms with Crippen molar-refractivity contribution in [3.63, 3.8) is 0 Å². The normalized spacial score (nSPS) is 13.6. The fourth-order valence-electron chi connectivity index (χ4n) is 3.98. The Morgan fingerprint density at radius 1 is 0.909 bits per heavy atom. The quantitative estimate of drug-likeness (QED) is 0.507. The van der Waals surface area contributed by atoms with Crippen molar-refractivity contribution in [2.45, 2.75) is 27.3 Å². The maximum atomic E-state index is 14.3. The second-order valence-corrected chi connectivity index (χ2v) is 8.00. The minimum atomic E-state index is -0.494. The van der Waals surface area contributed by atoms with E-state index in [0.717, 1.165) is 16.0 Å². The molecular formula is C27H25FN2O3. The number of carbonyl (C=O) groups is 2. The third-order valence-electron chi connectivity index (χ3n) is 5.40. The van der Waals surface area contributed by atoms with Crippen LogP contribution < -0.4 is 10.1 Å². The summed E-state index contributed by atoms with van der Waals surface area (Å²) < 4.78 is 19.8. The molecule has 33 heavy (non-hydrogen) atoms. The molecule has 0 saturated carbocycles. The Hall–Kier alpha value is -3.93. The number of hydrogen-bond acceptors (Lipinski definition) is 4. The topological polar surface area (TPSA) is 58.6 Å². The maximum absolute atomic E-state index is 14.3. The minimum Gasteiger partial charge on any atom is -0.494 e. The van der Waals surface area contributed by atoms with Crippen LogP contribution >= 0.6 is 0 Å². The van der Waals surface area contributed by atoms with Gasteiger partial charge in [-0.3, -0.25) is 14.5 Å². The zero-order chi connectivity index (χ0) is 23.5. The molecular weight excluding hydrogens is 419 g/mol. The lowest BCUT2D eigenvalue weighted by molar-refractivity contribution is -0.137. The molecule has 4 rings (SSSR count). The molecule has 1 aliphatic rings. The number of nitrogens with one attached hydrogen (secondary N) is 1. The van der Waals surface area contributed by atoms with Gasteiger partial charge in [0, 0.05) is 11.3 Å². The summed E-state index contributed by atoms with van der Waals surface area (Å²) in [7, 11) is 0. The molecule has 0 unspecified atom stereocenters. The Morgan fingerprint density at radius 3 is 2.21 bits per heavy atom. The SMILES string of the molecule is CCOc1ccc(C2=C(Nc3cc(C)cc(C)c3)C(=O)N(Cc3ccccc3F)C2=O)cc1. The molecule has 0 bridgehead atoms. The highest BCUT2D eigenvalue weighted by Crippen LogP contribution is 2.33. The van der Waals surface area contributed by atoms with Crippen LogP contribution in [0.5, 0.6) is 5.75 Å². The Morgan fingerprint density at radius 2 is 1.58 bits per heavy atom. The molecule has 3 aromatic carbocycles.